The number of imide groups is 1. The second-order valence-corrected chi connectivity index (χ2v) is 8.03. The molecule has 1 spiro atoms. The molecule has 4 atom stereocenters. The van der Waals surface area contributed by atoms with Crippen molar-refractivity contribution in [2.75, 3.05) is 10.2 Å². The lowest BCUT2D eigenvalue weighted by Gasteiger charge is -2.29. The van der Waals surface area contributed by atoms with E-state index in [0.29, 0.717) is 11.3 Å². The number of carbonyl (C=O) groups excluding carboxylic acids is 4. The van der Waals surface area contributed by atoms with E-state index in [1.54, 1.807) is 24.3 Å². The first-order chi connectivity index (χ1) is 14.9. The van der Waals surface area contributed by atoms with Crippen molar-refractivity contribution < 1.29 is 23.6 Å². The van der Waals surface area contributed by atoms with Crippen molar-refractivity contribution >= 4 is 35.0 Å². The van der Waals surface area contributed by atoms with E-state index in [-0.39, 0.29) is 18.5 Å². The molecule has 158 valence electrons. The lowest BCUT2D eigenvalue weighted by Crippen LogP contribution is -2.53. The number of benzene rings is 2. The van der Waals surface area contributed by atoms with Crippen LogP contribution in [0.1, 0.15) is 18.4 Å². The van der Waals surface area contributed by atoms with Crippen LogP contribution in [0.25, 0.3) is 0 Å². The predicted molar refractivity (Wildman–Crippen MR) is 108 cm³/mol. The van der Waals surface area contributed by atoms with E-state index in [1.807, 2.05) is 0 Å². The summed E-state index contributed by atoms with van der Waals surface area (Å²) in [4.78, 5) is 52.4. The summed E-state index contributed by atoms with van der Waals surface area (Å²) in [6.45, 7) is 0. The fourth-order valence-electron chi connectivity index (χ4n) is 5.18. The number of fused-ring (bicyclic) bond motifs is 4. The van der Waals surface area contributed by atoms with Crippen molar-refractivity contribution in [1.82, 2.24) is 5.32 Å². The number of carbonyl (C=O) groups is 4. The summed E-state index contributed by atoms with van der Waals surface area (Å²) in [5.74, 6) is -5.00. The smallest absolute Gasteiger partial charge is 0.250 e. The van der Waals surface area contributed by atoms with Gasteiger partial charge in [-0.2, -0.15) is 0 Å². The number of nitrogens with two attached hydrogens (primary N) is 1. The summed E-state index contributed by atoms with van der Waals surface area (Å²) < 4.78 is 14.5. The Hall–Kier alpha value is -3.59. The van der Waals surface area contributed by atoms with Crippen LogP contribution < -0.4 is 21.3 Å². The van der Waals surface area contributed by atoms with Crippen molar-refractivity contribution in [3.05, 3.63) is 59.9 Å². The molecule has 4 N–H and O–H groups in total. The molecule has 0 bridgehead atoms. The minimum Gasteiger partial charge on any atom is -0.370 e. The normalized spacial score (nSPS) is 28.7. The zero-order chi connectivity index (χ0) is 21.9. The number of hydrogen-bond acceptors (Lipinski definition) is 5. The third kappa shape index (κ3) is 2.56. The van der Waals surface area contributed by atoms with Crippen LogP contribution in [0.15, 0.2) is 48.5 Å². The summed E-state index contributed by atoms with van der Waals surface area (Å²) in [5.41, 5.74) is 4.75. The van der Waals surface area contributed by atoms with E-state index >= 15 is 0 Å². The molecule has 3 heterocycles. The van der Waals surface area contributed by atoms with Crippen LogP contribution in [-0.2, 0) is 24.7 Å². The van der Waals surface area contributed by atoms with Gasteiger partial charge in [0, 0.05) is 23.7 Å². The van der Waals surface area contributed by atoms with Gasteiger partial charge in [-0.15, -0.1) is 0 Å². The highest BCUT2D eigenvalue weighted by Gasteiger charge is 2.70. The minimum atomic E-state index is -1.49. The number of nitrogens with zero attached hydrogens (tertiary/aromatic N) is 1. The second-order valence-electron chi connectivity index (χ2n) is 8.03. The van der Waals surface area contributed by atoms with Gasteiger partial charge in [0.25, 0.3) is 0 Å². The largest absolute Gasteiger partial charge is 0.370 e. The molecule has 3 aliphatic heterocycles. The number of anilines is 2. The van der Waals surface area contributed by atoms with Gasteiger partial charge in [0.05, 0.1) is 17.5 Å². The standard InChI is InChI=1S/C22H19FN4O4/c23-12-6-2-4-8-15(12)27-19(29)17-14(9-10-16(24)28)26-22(18(17)20(27)30)11-5-1-3-7-13(11)25-21(22)31/h1-8,14,17-18,26H,9-10H2,(H2,24,28)(H,25,31)/t14-,17+,18-,22-/m0/s1. The molecule has 0 aliphatic carbocycles. The molecule has 3 aliphatic rings. The number of rotatable bonds is 4. The van der Waals surface area contributed by atoms with Gasteiger partial charge >= 0.3 is 0 Å². The first-order valence-electron chi connectivity index (χ1n) is 9.95. The summed E-state index contributed by atoms with van der Waals surface area (Å²) in [5, 5.41) is 5.98. The number of hydrogen-bond donors (Lipinski definition) is 3. The van der Waals surface area contributed by atoms with Crippen LogP contribution in [0.4, 0.5) is 15.8 Å². The molecule has 2 aromatic rings. The molecular weight excluding hydrogens is 403 g/mol. The lowest BCUT2D eigenvalue weighted by molar-refractivity contribution is -0.130. The average Bonchev–Trinajstić information content (AvgIpc) is 3.32. The highest BCUT2D eigenvalue weighted by atomic mass is 19.1. The van der Waals surface area contributed by atoms with Gasteiger partial charge in [0.15, 0.2) is 0 Å². The SMILES string of the molecule is NC(=O)CC[C@@H]1N[C@]2(C(=O)Nc3ccccc32)[C@@H]2C(=O)N(c3ccccc3F)C(=O)[C@H]12. The zero-order valence-corrected chi connectivity index (χ0v) is 16.3. The topological polar surface area (TPSA) is 122 Å². The summed E-state index contributed by atoms with van der Waals surface area (Å²) in [7, 11) is 0. The molecule has 0 unspecified atom stereocenters. The van der Waals surface area contributed by atoms with Gasteiger partial charge in [-0.3, -0.25) is 24.5 Å². The highest BCUT2D eigenvalue weighted by molar-refractivity contribution is 6.25. The maximum absolute atomic E-state index is 14.5. The molecule has 0 saturated carbocycles. The third-order valence-electron chi connectivity index (χ3n) is 6.42. The van der Waals surface area contributed by atoms with E-state index in [9.17, 15) is 23.6 Å². The molecular formula is C22H19FN4O4. The van der Waals surface area contributed by atoms with Crippen molar-refractivity contribution in [1.29, 1.82) is 0 Å². The van der Waals surface area contributed by atoms with Crippen LogP contribution in [0.3, 0.4) is 0 Å². The maximum atomic E-state index is 14.5. The van der Waals surface area contributed by atoms with Gasteiger partial charge in [0.2, 0.25) is 23.6 Å². The molecule has 5 rings (SSSR count). The summed E-state index contributed by atoms with van der Waals surface area (Å²) in [6, 6.07) is 11.8. The third-order valence-corrected chi connectivity index (χ3v) is 6.42. The molecule has 2 saturated heterocycles. The number of amides is 4. The Bertz CT molecular complexity index is 1150. The van der Waals surface area contributed by atoms with Crippen LogP contribution in [0, 0.1) is 17.7 Å². The average molecular weight is 422 g/mol. The predicted octanol–water partition coefficient (Wildman–Crippen LogP) is 1.02. The summed E-state index contributed by atoms with van der Waals surface area (Å²) in [6.07, 6.45) is 0.138. The highest BCUT2D eigenvalue weighted by Crippen LogP contribution is 2.54. The van der Waals surface area contributed by atoms with Crippen molar-refractivity contribution in [3.8, 4) is 0 Å². The fourth-order valence-corrected chi connectivity index (χ4v) is 5.18. The number of nitrogens with one attached hydrogen (secondary N) is 2. The Balaban J connectivity index is 1.66. The van der Waals surface area contributed by atoms with E-state index < -0.39 is 52.9 Å². The van der Waals surface area contributed by atoms with E-state index in [1.165, 1.54) is 24.3 Å². The van der Waals surface area contributed by atoms with Crippen molar-refractivity contribution in [2.24, 2.45) is 17.6 Å². The van der Waals surface area contributed by atoms with E-state index in [0.717, 1.165) is 4.90 Å². The molecule has 0 aromatic heterocycles. The molecule has 0 radical (unpaired) electrons. The monoisotopic (exact) mass is 422 g/mol. The number of halogens is 1. The Morgan fingerprint density at radius 1 is 1.06 bits per heavy atom. The number of primary amides is 1. The summed E-state index contributed by atoms with van der Waals surface area (Å²) >= 11 is 0. The molecule has 2 fully saturated rings. The quantitative estimate of drug-likeness (QED) is 0.635. The Morgan fingerprint density at radius 2 is 1.77 bits per heavy atom. The second kappa shape index (κ2) is 6.71. The van der Waals surface area contributed by atoms with Crippen LogP contribution in [0.2, 0.25) is 0 Å². The fraction of sp³-hybridized carbons (Fsp3) is 0.273. The molecule has 31 heavy (non-hydrogen) atoms. The first kappa shape index (κ1) is 19.4. The van der Waals surface area contributed by atoms with E-state index in [4.69, 9.17) is 5.73 Å². The molecule has 8 nitrogen and oxygen atoms in total. The molecule has 9 heteroatoms. The zero-order valence-electron chi connectivity index (χ0n) is 16.3. The molecule has 4 amide bonds. The van der Waals surface area contributed by atoms with Gasteiger partial charge in [-0.25, -0.2) is 9.29 Å². The Labute approximate surface area is 176 Å². The first-order valence-corrected chi connectivity index (χ1v) is 9.95. The van der Waals surface area contributed by atoms with Gasteiger partial charge < -0.3 is 11.1 Å². The minimum absolute atomic E-state index is 0.0264. The molecule has 2 aromatic carbocycles. The Morgan fingerprint density at radius 3 is 2.52 bits per heavy atom. The Kier molecular flexibility index (Phi) is 4.19. The van der Waals surface area contributed by atoms with Crippen LogP contribution in [-0.4, -0.2) is 29.7 Å². The van der Waals surface area contributed by atoms with Gasteiger partial charge in [-0.1, -0.05) is 30.3 Å². The lowest BCUT2D eigenvalue weighted by atomic mass is 9.76. The van der Waals surface area contributed by atoms with Crippen molar-refractivity contribution in [2.45, 2.75) is 24.4 Å². The van der Waals surface area contributed by atoms with Crippen molar-refractivity contribution in [3.63, 3.8) is 0 Å². The van der Waals surface area contributed by atoms with E-state index in [2.05, 4.69) is 10.6 Å². The van der Waals surface area contributed by atoms with Crippen LogP contribution in [0.5, 0.6) is 0 Å². The number of para-hydroxylation sites is 2. The van der Waals surface area contributed by atoms with Gasteiger partial charge in [-0.05, 0) is 24.6 Å². The van der Waals surface area contributed by atoms with Crippen LogP contribution >= 0.6 is 0 Å². The maximum Gasteiger partial charge on any atom is 0.250 e. The van der Waals surface area contributed by atoms with Gasteiger partial charge in [0.1, 0.15) is 11.4 Å².